The number of benzene rings is 3. The van der Waals surface area contributed by atoms with Crippen LogP contribution in [0.25, 0.3) is 16.5 Å². The zero-order valence-electron chi connectivity index (χ0n) is 15.2. The molecule has 0 N–H and O–H groups in total. The molecule has 28 heavy (non-hydrogen) atoms. The number of thioether (sulfide) groups is 1. The third kappa shape index (κ3) is 3.61. The minimum atomic E-state index is -0.382. The zero-order chi connectivity index (χ0) is 19.5. The molecule has 1 heterocycles. The van der Waals surface area contributed by atoms with Crippen LogP contribution in [0.5, 0.6) is 0 Å². The molecule has 140 valence electrons. The highest BCUT2D eigenvalue weighted by atomic mass is 32.2. The SMILES string of the molecule is Cc1nnc(S[C@@H](C[N+](=O)[O-])c2cccc3ccccc23)n1-c1ccccc1. The van der Waals surface area contributed by atoms with Gasteiger partial charge in [-0.1, -0.05) is 72.4 Å². The molecule has 0 aliphatic heterocycles. The lowest BCUT2D eigenvalue weighted by molar-refractivity contribution is -0.479. The van der Waals surface area contributed by atoms with Crippen LogP contribution in [0, 0.1) is 17.0 Å². The van der Waals surface area contributed by atoms with E-state index in [9.17, 15) is 10.1 Å². The van der Waals surface area contributed by atoms with E-state index in [1.807, 2.05) is 84.3 Å². The molecular formula is C21H18N4O2S. The molecule has 4 rings (SSSR count). The molecule has 1 atom stereocenters. The quantitative estimate of drug-likeness (QED) is 0.268. The summed E-state index contributed by atoms with van der Waals surface area (Å²) < 4.78 is 1.93. The summed E-state index contributed by atoms with van der Waals surface area (Å²) in [6.07, 6.45) is 0. The number of rotatable bonds is 6. The van der Waals surface area contributed by atoms with Crippen LogP contribution in [0.4, 0.5) is 0 Å². The summed E-state index contributed by atoms with van der Waals surface area (Å²) in [5.41, 5.74) is 1.87. The van der Waals surface area contributed by atoms with Crippen LogP contribution in [-0.2, 0) is 0 Å². The summed E-state index contributed by atoms with van der Waals surface area (Å²) in [5, 5.41) is 22.3. The molecule has 0 saturated carbocycles. The van der Waals surface area contributed by atoms with Crippen LogP contribution in [0.2, 0.25) is 0 Å². The van der Waals surface area contributed by atoms with Crippen LogP contribution in [0.15, 0.2) is 78.0 Å². The molecule has 0 fully saturated rings. The second kappa shape index (κ2) is 7.82. The van der Waals surface area contributed by atoms with E-state index < -0.39 is 0 Å². The molecule has 3 aromatic carbocycles. The van der Waals surface area contributed by atoms with Gasteiger partial charge in [-0.05, 0) is 35.4 Å². The number of fused-ring (bicyclic) bond motifs is 1. The largest absolute Gasteiger partial charge is 0.274 e. The minimum absolute atomic E-state index is 0.195. The first-order valence-corrected chi connectivity index (χ1v) is 9.75. The van der Waals surface area contributed by atoms with Crippen molar-refractivity contribution < 1.29 is 4.92 Å². The fourth-order valence-corrected chi connectivity index (χ4v) is 4.50. The van der Waals surface area contributed by atoms with E-state index in [1.54, 1.807) is 0 Å². The molecule has 4 aromatic rings. The summed E-state index contributed by atoms with van der Waals surface area (Å²) in [6, 6.07) is 23.7. The average molecular weight is 390 g/mol. The average Bonchev–Trinajstić information content (AvgIpc) is 3.07. The van der Waals surface area contributed by atoms with Gasteiger partial charge in [0.1, 0.15) is 11.1 Å². The minimum Gasteiger partial charge on any atom is -0.274 e. The van der Waals surface area contributed by atoms with Crippen molar-refractivity contribution in [3.63, 3.8) is 0 Å². The molecule has 0 spiro atoms. The van der Waals surface area contributed by atoms with Gasteiger partial charge in [0.15, 0.2) is 5.16 Å². The normalized spacial score (nSPS) is 12.2. The highest BCUT2D eigenvalue weighted by Crippen LogP contribution is 2.38. The molecule has 1 aromatic heterocycles. The standard InChI is InChI=1S/C21H18N4O2S/c1-15-22-23-21(25(15)17-10-3-2-4-11-17)28-20(14-24(26)27)19-13-7-9-16-8-5-6-12-18(16)19/h2-13,20H,14H2,1H3/t20-/m0/s1. The summed E-state index contributed by atoms with van der Waals surface area (Å²) in [4.78, 5) is 11.2. The Morgan fingerprint density at radius 2 is 1.71 bits per heavy atom. The van der Waals surface area contributed by atoms with Crippen molar-refractivity contribution in [2.45, 2.75) is 17.3 Å². The summed E-state index contributed by atoms with van der Waals surface area (Å²) >= 11 is 1.37. The maximum Gasteiger partial charge on any atom is 0.220 e. The van der Waals surface area contributed by atoms with E-state index in [1.165, 1.54) is 11.8 Å². The molecule has 0 amide bonds. The Kier molecular flexibility index (Phi) is 5.08. The van der Waals surface area contributed by atoms with Gasteiger partial charge in [-0.3, -0.25) is 14.7 Å². The number of aromatic nitrogens is 3. The van der Waals surface area contributed by atoms with Crippen LogP contribution in [-0.4, -0.2) is 26.2 Å². The van der Waals surface area contributed by atoms with E-state index in [2.05, 4.69) is 10.2 Å². The van der Waals surface area contributed by atoms with Gasteiger partial charge in [-0.25, -0.2) is 0 Å². The lowest BCUT2D eigenvalue weighted by Crippen LogP contribution is -2.11. The number of nitro groups is 1. The van der Waals surface area contributed by atoms with Gasteiger partial charge >= 0.3 is 0 Å². The first-order chi connectivity index (χ1) is 13.6. The Morgan fingerprint density at radius 3 is 2.50 bits per heavy atom. The Morgan fingerprint density at radius 1 is 1.00 bits per heavy atom. The zero-order valence-corrected chi connectivity index (χ0v) is 16.0. The fraction of sp³-hybridized carbons (Fsp3) is 0.143. The molecule has 0 bridgehead atoms. The number of para-hydroxylation sites is 1. The van der Waals surface area contributed by atoms with E-state index >= 15 is 0 Å². The molecule has 0 unspecified atom stereocenters. The number of hydrogen-bond donors (Lipinski definition) is 0. The number of nitrogens with zero attached hydrogens (tertiary/aromatic N) is 4. The Balaban J connectivity index is 1.78. The van der Waals surface area contributed by atoms with Gasteiger partial charge in [-0.15, -0.1) is 10.2 Å². The van der Waals surface area contributed by atoms with Gasteiger partial charge in [0.05, 0.1) is 0 Å². The van der Waals surface area contributed by atoms with Gasteiger partial charge in [0, 0.05) is 10.6 Å². The predicted octanol–water partition coefficient (Wildman–Crippen LogP) is 4.84. The van der Waals surface area contributed by atoms with Gasteiger partial charge in [-0.2, -0.15) is 0 Å². The second-order valence-corrected chi connectivity index (χ2v) is 7.56. The Bertz CT molecular complexity index is 1120. The highest BCUT2D eigenvalue weighted by Gasteiger charge is 2.25. The lowest BCUT2D eigenvalue weighted by Gasteiger charge is -2.16. The van der Waals surface area contributed by atoms with Crippen LogP contribution in [0.1, 0.15) is 16.6 Å². The Hall–Kier alpha value is -3.19. The molecule has 0 aliphatic rings. The van der Waals surface area contributed by atoms with Crippen molar-refractivity contribution in [1.29, 1.82) is 0 Å². The van der Waals surface area contributed by atoms with Crippen molar-refractivity contribution in [2.24, 2.45) is 0 Å². The monoisotopic (exact) mass is 390 g/mol. The topological polar surface area (TPSA) is 73.8 Å². The first-order valence-electron chi connectivity index (χ1n) is 8.87. The number of hydrogen-bond acceptors (Lipinski definition) is 5. The maximum absolute atomic E-state index is 11.4. The van der Waals surface area contributed by atoms with Crippen LogP contribution < -0.4 is 0 Å². The predicted molar refractivity (Wildman–Crippen MR) is 111 cm³/mol. The summed E-state index contributed by atoms with van der Waals surface area (Å²) in [5.74, 6) is 0.742. The van der Waals surface area contributed by atoms with Crippen molar-refractivity contribution in [1.82, 2.24) is 14.8 Å². The van der Waals surface area contributed by atoms with E-state index in [0.29, 0.717) is 5.16 Å². The van der Waals surface area contributed by atoms with Gasteiger partial charge in [0.2, 0.25) is 6.54 Å². The van der Waals surface area contributed by atoms with Crippen molar-refractivity contribution in [3.8, 4) is 5.69 Å². The fourth-order valence-electron chi connectivity index (χ4n) is 3.29. The van der Waals surface area contributed by atoms with Crippen LogP contribution in [0.3, 0.4) is 0 Å². The maximum atomic E-state index is 11.4. The smallest absolute Gasteiger partial charge is 0.220 e. The van der Waals surface area contributed by atoms with Crippen molar-refractivity contribution in [3.05, 3.63) is 94.3 Å². The molecular weight excluding hydrogens is 372 g/mol. The summed E-state index contributed by atoms with van der Waals surface area (Å²) in [7, 11) is 0. The Labute approximate surface area is 166 Å². The molecule has 7 heteroatoms. The van der Waals surface area contributed by atoms with Gasteiger partial charge < -0.3 is 0 Å². The van der Waals surface area contributed by atoms with Crippen molar-refractivity contribution >= 4 is 22.5 Å². The molecule has 0 radical (unpaired) electrons. The van der Waals surface area contributed by atoms with E-state index in [-0.39, 0.29) is 16.7 Å². The molecule has 6 nitrogen and oxygen atoms in total. The lowest BCUT2D eigenvalue weighted by atomic mass is 10.0. The van der Waals surface area contributed by atoms with Crippen molar-refractivity contribution in [2.75, 3.05) is 6.54 Å². The third-order valence-electron chi connectivity index (χ3n) is 4.54. The highest BCUT2D eigenvalue weighted by molar-refractivity contribution is 7.99. The van der Waals surface area contributed by atoms with Gasteiger partial charge in [0.25, 0.3) is 0 Å². The number of aryl methyl sites for hydroxylation is 1. The molecule has 0 aliphatic carbocycles. The third-order valence-corrected chi connectivity index (χ3v) is 5.70. The van der Waals surface area contributed by atoms with Crippen LogP contribution >= 0.6 is 11.8 Å². The van der Waals surface area contributed by atoms with E-state index in [4.69, 9.17) is 0 Å². The molecule has 0 saturated heterocycles. The van der Waals surface area contributed by atoms with E-state index in [0.717, 1.165) is 27.8 Å². The summed E-state index contributed by atoms with van der Waals surface area (Å²) in [6.45, 7) is 1.68. The second-order valence-electron chi connectivity index (χ2n) is 6.39. The first kappa shape index (κ1) is 18.2.